The molecule has 1 aliphatic heterocycles. The molecule has 0 saturated heterocycles. The minimum atomic E-state index is -0.239. The summed E-state index contributed by atoms with van der Waals surface area (Å²) in [6.45, 7) is 1.46. The van der Waals surface area contributed by atoms with Crippen molar-refractivity contribution in [3.63, 3.8) is 0 Å². The highest BCUT2D eigenvalue weighted by atomic mass is 16.2. The molecule has 0 unspecified atom stereocenters. The number of rotatable bonds is 3. The van der Waals surface area contributed by atoms with Crippen LogP contribution in [0.4, 0.5) is 5.69 Å². The van der Waals surface area contributed by atoms with E-state index in [-0.39, 0.29) is 17.4 Å². The van der Waals surface area contributed by atoms with Gasteiger partial charge >= 0.3 is 0 Å². The number of pyridine rings is 1. The number of para-hydroxylation sites is 1. The number of aromatic nitrogens is 5. The summed E-state index contributed by atoms with van der Waals surface area (Å²) in [4.78, 5) is 32.7. The summed E-state index contributed by atoms with van der Waals surface area (Å²) in [5.41, 5.74) is 5.32. The Morgan fingerprint density at radius 2 is 1.64 bits per heavy atom. The number of hydrogen-bond donors (Lipinski definition) is 1. The molecule has 0 bridgehead atoms. The van der Waals surface area contributed by atoms with Crippen LogP contribution in [-0.4, -0.2) is 37.3 Å². The van der Waals surface area contributed by atoms with E-state index in [1.165, 1.54) is 11.8 Å². The van der Waals surface area contributed by atoms with Crippen molar-refractivity contribution in [1.29, 1.82) is 0 Å². The van der Waals surface area contributed by atoms with Crippen molar-refractivity contribution in [3.8, 4) is 22.5 Å². The third-order valence-corrected chi connectivity index (χ3v) is 6.99. The monoisotopic (exact) mass is 508 g/mol. The minimum absolute atomic E-state index is 0.209. The van der Waals surface area contributed by atoms with Gasteiger partial charge in [0.1, 0.15) is 0 Å². The van der Waals surface area contributed by atoms with Crippen molar-refractivity contribution >= 4 is 45.1 Å². The molecule has 0 spiro atoms. The van der Waals surface area contributed by atoms with E-state index in [1.54, 1.807) is 24.3 Å². The Morgan fingerprint density at radius 1 is 0.846 bits per heavy atom. The lowest BCUT2D eigenvalue weighted by atomic mass is 9.95. The van der Waals surface area contributed by atoms with Gasteiger partial charge in [-0.1, -0.05) is 54.6 Å². The highest BCUT2D eigenvalue weighted by Gasteiger charge is 2.34. The Hall–Kier alpha value is -5.50. The Bertz CT molecular complexity index is 1970. The average molecular weight is 509 g/mol. The number of ketones is 1. The SMILES string of the molecule is CC(=O)N1/C(=C\c2nc3ccc(-c4nnn[nH]4)cc3cc2-c2cccc3ccccc23)C(=O)c2ccccc21. The van der Waals surface area contributed by atoms with Gasteiger partial charge in [-0.05, 0) is 69.2 Å². The summed E-state index contributed by atoms with van der Waals surface area (Å²) < 4.78 is 0. The summed E-state index contributed by atoms with van der Waals surface area (Å²) in [6.07, 6.45) is 1.73. The van der Waals surface area contributed by atoms with Crippen molar-refractivity contribution in [3.05, 3.63) is 108 Å². The maximum absolute atomic E-state index is 13.5. The molecule has 7 rings (SSSR count). The molecule has 0 fully saturated rings. The van der Waals surface area contributed by atoms with Crippen LogP contribution in [0.3, 0.4) is 0 Å². The Kier molecular flexibility index (Phi) is 5.12. The predicted molar refractivity (Wildman–Crippen MR) is 150 cm³/mol. The fraction of sp³-hybridized carbons (Fsp3) is 0.0323. The van der Waals surface area contributed by atoms with Gasteiger partial charge in [0.05, 0.1) is 22.6 Å². The van der Waals surface area contributed by atoms with E-state index in [1.807, 2.05) is 48.5 Å². The first-order valence-electron chi connectivity index (χ1n) is 12.4. The Labute approximate surface area is 222 Å². The number of nitrogens with one attached hydrogen (secondary N) is 1. The molecule has 0 aliphatic carbocycles. The van der Waals surface area contributed by atoms with Gasteiger partial charge in [-0.25, -0.2) is 10.1 Å². The van der Waals surface area contributed by atoms with Crippen molar-refractivity contribution in [2.24, 2.45) is 0 Å². The number of benzene rings is 4. The van der Waals surface area contributed by atoms with Gasteiger partial charge in [0, 0.05) is 29.0 Å². The standard InChI is InChI=1S/C31H20N6O2/c1-18(38)37-28-12-5-4-10-24(28)30(39)29(37)17-27-25(23-11-6-8-19-7-2-3-9-22(19)23)16-21-15-20(13-14-26(21)32-27)31-33-35-36-34-31/h2-17H,1H3,(H,33,34,35,36)/b29-17-. The zero-order chi connectivity index (χ0) is 26.5. The van der Waals surface area contributed by atoms with Crippen LogP contribution in [0.5, 0.6) is 0 Å². The summed E-state index contributed by atoms with van der Waals surface area (Å²) in [6, 6.07) is 29.3. The number of amides is 1. The number of hydrogen-bond acceptors (Lipinski definition) is 6. The van der Waals surface area contributed by atoms with Gasteiger partial charge < -0.3 is 0 Å². The maximum atomic E-state index is 13.5. The first-order chi connectivity index (χ1) is 19.1. The summed E-state index contributed by atoms with van der Waals surface area (Å²) in [5, 5.41) is 17.2. The first-order valence-corrected chi connectivity index (χ1v) is 12.4. The second-order valence-electron chi connectivity index (χ2n) is 9.34. The smallest absolute Gasteiger partial charge is 0.228 e. The van der Waals surface area contributed by atoms with E-state index in [2.05, 4.69) is 44.9 Å². The number of anilines is 1. The number of nitrogens with zero attached hydrogens (tertiary/aromatic N) is 5. The number of Topliss-reactive ketones (excluding diaryl/α,β-unsaturated/α-hetero) is 1. The molecule has 8 heteroatoms. The van der Waals surface area contributed by atoms with Crippen LogP contribution in [0.25, 0.3) is 50.3 Å². The van der Waals surface area contributed by atoms with E-state index in [0.29, 0.717) is 22.8 Å². The highest BCUT2D eigenvalue weighted by Crippen LogP contribution is 2.38. The largest absolute Gasteiger partial charge is 0.287 e. The van der Waals surface area contributed by atoms with Gasteiger partial charge in [-0.15, -0.1) is 5.10 Å². The van der Waals surface area contributed by atoms with Crippen LogP contribution in [0.2, 0.25) is 0 Å². The molecule has 186 valence electrons. The molecule has 8 nitrogen and oxygen atoms in total. The summed E-state index contributed by atoms with van der Waals surface area (Å²) in [5.74, 6) is 0.110. The van der Waals surface area contributed by atoms with Crippen LogP contribution >= 0.6 is 0 Å². The molecule has 1 amide bonds. The van der Waals surface area contributed by atoms with Crippen LogP contribution in [-0.2, 0) is 4.79 Å². The number of aromatic amines is 1. The minimum Gasteiger partial charge on any atom is -0.287 e. The molecular weight excluding hydrogens is 488 g/mol. The van der Waals surface area contributed by atoms with E-state index < -0.39 is 0 Å². The second-order valence-corrected chi connectivity index (χ2v) is 9.34. The number of tetrazole rings is 1. The summed E-state index contributed by atoms with van der Waals surface area (Å²) >= 11 is 0. The number of allylic oxidation sites excluding steroid dienone is 1. The van der Waals surface area contributed by atoms with Crippen LogP contribution in [0, 0.1) is 0 Å². The van der Waals surface area contributed by atoms with Crippen molar-refractivity contribution in [2.45, 2.75) is 6.92 Å². The zero-order valence-electron chi connectivity index (χ0n) is 20.8. The number of carbonyl (C=O) groups is 2. The van der Waals surface area contributed by atoms with Gasteiger partial charge in [0.15, 0.2) is 5.82 Å². The third kappa shape index (κ3) is 3.69. The third-order valence-electron chi connectivity index (χ3n) is 6.99. The normalized spacial score (nSPS) is 13.9. The van der Waals surface area contributed by atoms with Gasteiger partial charge in [-0.2, -0.15) is 0 Å². The summed E-state index contributed by atoms with van der Waals surface area (Å²) in [7, 11) is 0. The molecular formula is C31H20N6O2. The van der Waals surface area contributed by atoms with Crippen molar-refractivity contribution in [1.82, 2.24) is 25.6 Å². The molecule has 1 aliphatic rings. The molecule has 0 atom stereocenters. The van der Waals surface area contributed by atoms with Gasteiger partial charge in [0.2, 0.25) is 11.7 Å². The second kappa shape index (κ2) is 8.81. The molecule has 4 aromatic carbocycles. The van der Waals surface area contributed by atoms with Crippen LogP contribution in [0.1, 0.15) is 23.0 Å². The van der Waals surface area contributed by atoms with E-state index >= 15 is 0 Å². The number of fused-ring (bicyclic) bond motifs is 3. The zero-order valence-corrected chi connectivity index (χ0v) is 20.8. The quantitative estimate of drug-likeness (QED) is 0.302. The molecule has 3 heterocycles. The van der Waals surface area contributed by atoms with E-state index in [0.717, 1.165) is 38.4 Å². The fourth-order valence-corrected chi connectivity index (χ4v) is 5.23. The topological polar surface area (TPSA) is 105 Å². The van der Waals surface area contributed by atoms with Crippen molar-refractivity contribution < 1.29 is 9.59 Å². The molecule has 0 saturated carbocycles. The first kappa shape index (κ1) is 22.7. The molecule has 2 aromatic heterocycles. The lowest BCUT2D eigenvalue weighted by molar-refractivity contribution is -0.116. The lowest BCUT2D eigenvalue weighted by Crippen LogP contribution is -2.25. The van der Waals surface area contributed by atoms with Crippen molar-refractivity contribution in [2.75, 3.05) is 4.90 Å². The Balaban J connectivity index is 1.50. The molecule has 39 heavy (non-hydrogen) atoms. The van der Waals surface area contributed by atoms with E-state index in [4.69, 9.17) is 4.98 Å². The number of H-pyrrole nitrogens is 1. The van der Waals surface area contributed by atoms with E-state index in [9.17, 15) is 9.59 Å². The van der Waals surface area contributed by atoms with Crippen LogP contribution in [0.15, 0.2) is 96.7 Å². The predicted octanol–water partition coefficient (Wildman–Crippen LogP) is 5.83. The molecule has 0 radical (unpaired) electrons. The number of carbonyl (C=O) groups excluding carboxylic acids is 2. The lowest BCUT2D eigenvalue weighted by Gasteiger charge is -2.17. The molecule has 1 N–H and O–H groups in total. The molecule has 6 aromatic rings. The van der Waals surface area contributed by atoms with Gasteiger partial charge in [-0.3, -0.25) is 14.5 Å². The average Bonchev–Trinajstić information content (AvgIpc) is 3.60. The van der Waals surface area contributed by atoms with Crippen LogP contribution < -0.4 is 4.90 Å². The fourth-order valence-electron chi connectivity index (χ4n) is 5.23. The Morgan fingerprint density at radius 3 is 2.49 bits per heavy atom. The maximum Gasteiger partial charge on any atom is 0.228 e. The van der Waals surface area contributed by atoms with Gasteiger partial charge in [0.25, 0.3) is 0 Å². The highest BCUT2D eigenvalue weighted by molar-refractivity contribution is 6.27.